The monoisotopic (exact) mass is 267 g/mol. The van der Waals surface area contributed by atoms with Gasteiger partial charge in [0.1, 0.15) is 0 Å². The van der Waals surface area contributed by atoms with Crippen LogP contribution >= 0.6 is 0 Å². The molecule has 0 aromatic heterocycles. The van der Waals surface area contributed by atoms with Gasteiger partial charge in [-0.1, -0.05) is 13.8 Å². The summed E-state index contributed by atoms with van der Waals surface area (Å²) in [5, 5.41) is 3.34. The zero-order valence-electron chi connectivity index (χ0n) is 11.3. The van der Waals surface area contributed by atoms with Crippen molar-refractivity contribution >= 4 is 0 Å². The first-order chi connectivity index (χ1) is 8.37. The Bertz CT molecular complexity index is 223. The molecule has 1 heterocycles. The average molecular weight is 267 g/mol. The Labute approximate surface area is 107 Å². The Balaban J connectivity index is 2.08. The summed E-state index contributed by atoms with van der Waals surface area (Å²) >= 11 is 0. The van der Waals surface area contributed by atoms with Gasteiger partial charge in [-0.05, 0) is 19.5 Å². The van der Waals surface area contributed by atoms with Crippen molar-refractivity contribution in [2.75, 3.05) is 45.8 Å². The summed E-state index contributed by atoms with van der Waals surface area (Å²) in [5.41, 5.74) is 0. The summed E-state index contributed by atoms with van der Waals surface area (Å²) < 4.78 is 36.6. The van der Waals surface area contributed by atoms with Gasteiger partial charge in [-0.2, -0.15) is 13.2 Å². The van der Waals surface area contributed by atoms with E-state index in [-0.39, 0.29) is 0 Å². The van der Waals surface area contributed by atoms with E-state index in [1.165, 1.54) is 4.90 Å². The third-order valence-corrected chi connectivity index (χ3v) is 3.07. The summed E-state index contributed by atoms with van der Waals surface area (Å²) in [6, 6.07) is 0.494. The average Bonchev–Trinajstić information content (AvgIpc) is 2.24. The molecule has 1 rings (SSSR count). The van der Waals surface area contributed by atoms with Crippen LogP contribution in [-0.2, 0) is 0 Å². The fourth-order valence-corrected chi connectivity index (χ4v) is 2.12. The molecule has 0 saturated carbocycles. The second kappa shape index (κ2) is 7.31. The van der Waals surface area contributed by atoms with Gasteiger partial charge < -0.3 is 10.2 Å². The maximum atomic E-state index is 12.2. The molecular formula is C12H24F3N3. The second-order valence-electron chi connectivity index (χ2n) is 5.20. The van der Waals surface area contributed by atoms with E-state index in [1.54, 1.807) is 0 Å². The molecule has 0 radical (unpaired) electrons. The van der Waals surface area contributed by atoms with E-state index in [0.717, 1.165) is 32.6 Å². The van der Waals surface area contributed by atoms with E-state index < -0.39 is 12.7 Å². The van der Waals surface area contributed by atoms with E-state index >= 15 is 0 Å². The van der Waals surface area contributed by atoms with Crippen LogP contribution in [-0.4, -0.2) is 67.8 Å². The Morgan fingerprint density at radius 1 is 1.06 bits per heavy atom. The second-order valence-corrected chi connectivity index (χ2v) is 5.20. The number of nitrogens with zero attached hydrogens (tertiary/aromatic N) is 2. The van der Waals surface area contributed by atoms with Gasteiger partial charge in [-0.25, -0.2) is 0 Å². The summed E-state index contributed by atoms with van der Waals surface area (Å²) in [7, 11) is 0. The van der Waals surface area contributed by atoms with Crippen LogP contribution in [0.3, 0.4) is 0 Å². The van der Waals surface area contributed by atoms with Gasteiger partial charge in [0.2, 0.25) is 0 Å². The number of nitrogens with one attached hydrogen (secondary N) is 1. The van der Waals surface area contributed by atoms with Gasteiger partial charge in [0.15, 0.2) is 0 Å². The van der Waals surface area contributed by atoms with Gasteiger partial charge in [0.05, 0.1) is 6.54 Å². The van der Waals surface area contributed by atoms with Crippen LogP contribution < -0.4 is 5.32 Å². The first-order valence-corrected chi connectivity index (χ1v) is 6.61. The minimum atomic E-state index is -4.07. The maximum Gasteiger partial charge on any atom is 0.401 e. The topological polar surface area (TPSA) is 18.5 Å². The lowest BCUT2D eigenvalue weighted by Crippen LogP contribution is -2.49. The highest BCUT2D eigenvalue weighted by Crippen LogP contribution is 2.17. The van der Waals surface area contributed by atoms with E-state index in [4.69, 9.17) is 0 Å². The minimum Gasteiger partial charge on any atom is -0.314 e. The molecule has 0 spiro atoms. The van der Waals surface area contributed by atoms with Crippen LogP contribution in [0, 0.1) is 0 Å². The SMILES string of the molecule is CC(C)NCCCN1CCN(CC(F)(F)F)CC1. The molecular weight excluding hydrogens is 243 g/mol. The van der Waals surface area contributed by atoms with E-state index in [0.29, 0.717) is 19.1 Å². The third-order valence-electron chi connectivity index (χ3n) is 3.07. The number of halogens is 3. The first-order valence-electron chi connectivity index (χ1n) is 6.61. The predicted octanol–water partition coefficient (Wildman–Crippen LogP) is 1.55. The fraction of sp³-hybridized carbons (Fsp3) is 1.00. The molecule has 3 nitrogen and oxygen atoms in total. The first kappa shape index (κ1) is 15.7. The number of alkyl halides is 3. The molecule has 0 unspecified atom stereocenters. The summed E-state index contributed by atoms with van der Waals surface area (Å²) in [4.78, 5) is 3.73. The van der Waals surface area contributed by atoms with Crippen LogP contribution in [0.25, 0.3) is 0 Å². The lowest BCUT2D eigenvalue weighted by atomic mass is 10.2. The highest BCUT2D eigenvalue weighted by Gasteiger charge is 2.31. The van der Waals surface area contributed by atoms with Crippen molar-refractivity contribution in [2.24, 2.45) is 0 Å². The van der Waals surface area contributed by atoms with Crippen LogP contribution in [0.4, 0.5) is 13.2 Å². The van der Waals surface area contributed by atoms with Crippen LogP contribution in [0.2, 0.25) is 0 Å². The molecule has 108 valence electrons. The van der Waals surface area contributed by atoms with Crippen molar-refractivity contribution < 1.29 is 13.2 Å². The number of hydrogen-bond acceptors (Lipinski definition) is 3. The van der Waals surface area contributed by atoms with Crippen molar-refractivity contribution in [2.45, 2.75) is 32.5 Å². The molecule has 0 bridgehead atoms. The molecule has 0 atom stereocenters. The summed E-state index contributed by atoms with van der Waals surface area (Å²) in [6.07, 6.45) is -3.01. The largest absolute Gasteiger partial charge is 0.401 e. The molecule has 1 aliphatic rings. The molecule has 0 amide bonds. The van der Waals surface area contributed by atoms with Crippen molar-refractivity contribution in [3.63, 3.8) is 0 Å². The summed E-state index contributed by atoms with van der Waals surface area (Å²) in [6.45, 7) is 7.94. The molecule has 1 N–H and O–H groups in total. The van der Waals surface area contributed by atoms with E-state index in [9.17, 15) is 13.2 Å². The molecule has 0 aromatic carbocycles. The molecule has 0 aromatic rings. The minimum absolute atomic E-state index is 0.494. The van der Waals surface area contributed by atoms with Gasteiger partial charge in [-0.15, -0.1) is 0 Å². The Morgan fingerprint density at radius 2 is 1.61 bits per heavy atom. The van der Waals surface area contributed by atoms with Crippen molar-refractivity contribution in [1.29, 1.82) is 0 Å². The van der Waals surface area contributed by atoms with E-state index in [1.807, 2.05) is 0 Å². The van der Waals surface area contributed by atoms with Crippen LogP contribution in [0.1, 0.15) is 20.3 Å². The molecule has 6 heteroatoms. The fourth-order valence-electron chi connectivity index (χ4n) is 2.12. The highest BCUT2D eigenvalue weighted by molar-refractivity contribution is 4.74. The maximum absolute atomic E-state index is 12.2. The standard InChI is InChI=1S/C12H24F3N3/c1-11(2)16-4-3-5-17-6-8-18(9-7-17)10-12(13,14)15/h11,16H,3-10H2,1-2H3. The molecule has 0 aliphatic carbocycles. The Hall–Kier alpha value is -0.330. The van der Waals surface area contributed by atoms with Crippen LogP contribution in [0.15, 0.2) is 0 Å². The lowest BCUT2D eigenvalue weighted by Gasteiger charge is -2.35. The molecule has 1 aliphatic heterocycles. The third kappa shape index (κ3) is 7.18. The zero-order chi connectivity index (χ0) is 13.6. The Kier molecular flexibility index (Phi) is 6.38. The van der Waals surface area contributed by atoms with Gasteiger partial charge in [0, 0.05) is 32.2 Å². The zero-order valence-corrected chi connectivity index (χ0v) is 11.3. The van der Waals surface area contributed by atoms with Gasteiger partial charge in [0.25, 0.3) is 0 Å². The lowest BCUT2D eigenvalue weighted by molar-refractivity contribution is -0.149. The predicted molar refractivity (Wildman–Crippen MR) is 66.7 cm³/mol. The number of piperazine rings is 1. The summed E-state index contributed by atoms with van der Waals surface area (Å²) in [5.74, 6) is 0. The number of hydrogen-bond donors (Lipinski definition) is 1. The van der Waals surface area contributed by atoms with Crippen molar-refractivity contribution in [3.8, 4) is 0 Å². The number of rotatable bonds is 6. The normalized spacial score (nSPS) is 19.7. The van der Waals surface area contributed by atoms with Gasteiger partial charge in [-0.3, -0.25) is 4.90 Å². The quantitative estimate of drug-likeness (QED) is 0.737. The highest BCUT2D eigenvalue weighted by atomic mass is 19.4. The smallest absolute Gasteiger partial charge is 0.314 e. The molecule has 18 heavy (non-hydrogen) atoms. The van der Waals surface area contributed by atoms with Crippen molar-refractivity contribution in [3.05, 3.63) is 0 Å². The Morgan fingerprint density at radius 3 is 2.11 bits per heavy atom. The van der Waals surface area contributed by atoms with Crippen LogP contribution in [0.5, 0.6) is 0 Å². The van der Waals surface area contributed by atoms with Crippen molar-refractivity contribution in [1.82, 2.24) is 15.1 Å². The van der Waals surface area contributed by atoms with Gasteiger partial charge >= 0.3 is 6.18 Å². The molecule has 1 fully saturated rings. The van der Waals surface area contributed by atoms with E-state index in [2.05, 4.69) is 24.1 Å². The molecule has 1 saturated heterocycles.